The van der Waals surface area contributed by atoms with Crippen LogP contribution >= 0.6 is 0 Å². The van der Waals surface area contributed by atoms with Crippen LogP contribution in [0.4, 0.5) is 18.9 Å². The summed E-state index contributed by atoms with van der Waals surface area (Å²) in [5.41, 5.74) is 1.71. The molecule has 1 saturated heterocycles. The molecular formula is C23H23F3N4O2S. The quantitative estimate of drug-likeness (QED) is 0.567. The van der Waals surface area contributed by atoms with Gasteiger partial charge in [-0.1, -0.05) is 6.07 Å². The largest absolute Gasteiger partial charge is 0.369 e. The highest BCUT2D eigenvalue weighted by Crippen LogP contribution is 2.25. The third kappa shape index (κ3) is 5.52. The van der Waals surface area contributed by atoms with Crippen LogP contribution in [0.15, 0.2) is 71.9 Å². The zero-order valence-corrected chi connectivity index (χ0v) is 18.5. The summed E-state index contributed by atoms with van der Waals surface area (Å²) < 4.78 is 68.6. The van der Waals surface area contributed by atoms with E-state index in [1.165, 1.54) is 12.1 Å². The summed E-state index contributed by atoms with van der Waals surface area (Å²) in [5, 5.41) is 0. The predicted octanol–water partition coefficient (Wildman–Crippen LogP) is 3.34. The molecule has 1 aliphatic heterocycles. The van der Waals surface area contributed by atoms with Crippen LogP contribution in [-0.4, -0.2) is 51.0 Å². The molecule has 0 unspecified atom stereocenters. The molecule has 0 saturated carbocycles. The highest BCUT2D eigenvalue weighted by molar-refractivity contribution is 7.89. The van der Waals surface area contributed by atoms with E-state index in [-0.39, 0.29) is 18.4 Å². The molecule has 3 aromatic rings. The fraction of sp³-hybridized carbons (Fsp3) is 0.261. The second kappa shape index (κ2) is 9.90. The number of hydrogen-bond donors (Lipinski definition) is 1. The van der Waals surface area contributed by atoms with Crippen LogP contribution in [0.1, 0.15) is 11.6 Å². The van der Waals surface area contributed by atoms with Crippen LogP contribution < -0.4 is 9.62 Å². The lowest BCUT2D eigenvalue weighted by Crippen LogP contribution is -2.50. The molecule has 1 N–H and O–H groups in total. The van der Waals surface area contributed by atoms with Crippen molar-refractivity contribution in [1.29, 1.82) is 0 Å². The molecule has 1 atom stereocenters. The van der Waals surface area contributed by atoms with Crippen LogP contribution in [0.2, 0.25) is 0 Å². The topological polar surface area (TPSA) is 65.5 Å². The number of benzene rings is 2. The van der Waals surface area contributed by atoms with Gasteiger partial charge in [0.25, 0.3) is 0 Å². The van der Waals surface area contributed by atoms with Crippen molar-refractivity contribution in [3.8, 4) is 0 Å². The van der Waals surface area contributed by atoms with Gasteiger partial charge in [-0.3, -0.25) is 9.88 Å². The molecular weight excluding hydrogens is 453 g/mol. The Hall–Kier alpha value is -2.95. The van der Waals surface area contributed by atoms with Gasteiger partial charge in [0.1, 0.15) is 22.3 Å². The highest BCUT2D eigenvalue weighted by atomic mass is 32.2. The Labute approximate surface area is 190 Å². The number of aromatic nitrogens is 1. The number of nitrogens with one attached hydrogen (secondary N) is 1. The number of nitrogens with zero attached hydrogens (tertiary/aromatic N) is 3. The van der Waals surface area contributed by atoms with E-state index in [1.807, 2.05) is 6.07 Å². The van der Waals surface area contributed by atoms with Crippen molar-refractivity contribution in [1.82, 2.24) is 14.6 Å². The van der Waals surface area contributed by atoms with E-state index in [0.717, 1.165) is 23.4 Å². The molecule has 0 bridgehead atoms. The Morgan fingerprint density at radius 1 is 0.939 bits per heavy atom. The lowest BCUT2D eigenvalue weighted by atomic mass is 10.1. The number of rotatable bonds is 7. The fourth-order valence-electron chi connectivity index (χ4n) is 3.92. The molecule has 0 aliphatic carbocycles. The number of sulfonamides is 1. The molecule has 0 amide bonds. The smallest absolute Gasteiger partial charge is 0.243 e. The SMILES string of the molecule is O=S(=O)(NC[C@H](c1cccnc1)N1CCN(c2ccc(F)cc2)CC1)c1cc(F)ccc1F. The van der Waals surface area contributed by atoms with Crippen molar-refractivity contribution in [2.45, 2.75) is 10.9 Å². The summed E-state index contributed by atoms with van der Waals surface area (Å²) in [6.07, 6.45) is 3.29. The number of anilines is 1. The van der Waals surface area contributed by atoms with Crippen LogP contribution in [0.3, 0.4) is 0 Å². The van der Waals surface area contributed by atoms with Gasteiger partial charge in [0, 0.05) is 50.8 Å². The Balaban J connectivity index is 1.50. The first-order valence-corrected chi connectivity index (χ1v) is 11.9. The van der Waals surface area contributed by atoms with Gasteiger partial charge in [-0.15, -0.1) is 0 Å². The number of piperazine rings is 1. The normalized spacial score (nSPS) is 16.0. The van der Waals surface area contributed by atoms with Crippen molar-refractivity contribution in [2.75, 3.05) is 37.6 Å². The average molecular weight is 477 g/mol. The maximum Gasteiger partial charge on any atom is 0.243 e. The highest BCUT2D eigenvalue weighted by Gasteiger charge is 2.28. The summed E-state index contributed by atoms with van der Waals surface area (Å²) in [4.78, 5) is 7.65. The molecule has 174 valence electrons. The Morgan fingerprint density at radius 3 is 2.30 bits per heavy atom. The summed E-state index contributed by atoms with van der Waals surface area (Å²) in [7, 11) is -4.27. The van der Waals surface area contributed by atoms with Gasteiger partial charge in [0.05, 0.1) is 6.04 Å². The molecule has 4 rings (SSSR count). The molecule has 33 heavy (non-hydrogen) atoms. The Morgan fingerprint density at radius 2 is 1.64 bits per heavy atom. The van der Waals surface area contributed by atoms with E-state index >= 15 is 0 Å². The predicted molar refractivity (Wildman–Crippen MR) is 119 cm³/mol. The second-order valence-electron chi connectivity index (χ2n) is 7.73. The van der Waals surface area contributed by atoms with Gasteiger partial charge in [0.2, 0.25) is 10.0 Å². The maximum absolute atomic E-state index is 14.1. The van der Waals surface area contributed by atoms with E-state index in [1.54, 1.807) is 30.6 Å². The first-order valence-electron chi connectivity index (χ1n) is 10.4. The Bertz CT molecular complexity index is 1190. The fourth-order valence-corrected chi connectivity index (χ4v) is 5.05. The minimum atomic E-state index is -4.27. The van der Waals surface area contributed by atoms with Crippen molar-refractivity contribution in [2.24, 2.45) is 0 Å². The molecule has 0 spiro atoms. The number of hydrogen-bond acceptors (Lipinski definition) is 5. The van der Waals surface area contributed by atoms with E-state index in [9.17, 15) is 21.6 Å². The van der Waals surface area contributed by atoms with Crippen LogP contribution in [0.25, 0.3) is 0 Å². The zero-order valence-electron chi connectivity index (χ0n) is 17.7. The van der Waals surface area contributed by atoms with Crippen molar-refractivity contribution in [3.63, 3.8) is 0 Å². The lowest BCUT2D eigenvalue weighted by molar-refractivity contribution is 0.186. The molecule has 0 radical (unpaired) electrons. The van der Waals surface area contributed by atoms with E-state index in [4.69, 9.17) is 0 Å². The first kappa shape index (κ1) is 23.2. The van der Waals surface area contributed by atoms with Gasteiger partial charge < -0.3 is 4.90 Å². The average Bonchev–Trinajstić information content (AvgIpc) is 2.82. The molecule has 2 heterocycles. The molecule has 1 fully saturated rings. The van der Waals surface area contributed by atoms with Crippen LogP contribution in [-0.2, 0) is 10.0 Å². The number of pyridine rings is 1. The maximum atomic E-state index is 14.1. The van der Waals surface area contributed by atoms with Crippen molar-refractivity contribution < 1.29 is 21.6 Å². The van der Waals surface area contributed by atoms with Crippen molar-refractivity contribution >= 4 is 15.7 Å². The molecule has 2 aromatic carbocycles. The van der Waals surface area contributed by atoms with Gasteiger partial charge >= 0.3 is 0 Å². The summed E-state index contributed by atoms with van der Waals surface area (Å²) in [6.45, 7) is 2.52. The third-order valence-electron chi connectivity index (χ3n) is 5.67. The van der Waals surface area contributed by atoms with Gasteiger partial charge in [-0.2, -0.15) is 0 Å². The minimum absolute atomic E-state index is 0.0411. The Kier molecular flexibility index (Phi) is 6.96. The minimum Gasteiger partial charge on any atom is -0.369 e. The zero-order chi connectivity index (χ0) is 23.4. The van der Waals surface area contributed by atoms with Crippen LogP contribution in [0.5, 0.6) is 0 Å². The van der Waals surface area contributed by atoms with Gasteiger partial charge in [-0.05, 0) is 54.1 Å². The molecule has 1 aliphatic rings. The van der Waals surface area contributed by atoms with Gasteiger partial charge in [-0.25, -0.2) is 26.3 Å². The summed E-state index contributed by atoms with van der Waals surface area (Å²) in [6, 6.07) is 11.9. The van der Waals surface area contributed by atoms with E-state index < -0.39 is 26.6 Å². The third-order valence-corrected chi connectivity index (χ3v) is 7.10. The molecule has 10 heteroatoms. The second-order valence-corrected chi connectivity index (χ2v) is 9.46. The van der Waals surface area contributed by atoms with Crippen LogP contribution in [0, 0.1) is 17.5 Å². The van der Waals surface area contributed by atoms with E-state index in [2.05, 4.69) is 19.5 Å². The lowest BCUT2D eigenvalue weighted by Gasteiger charge is -2.40. The summed E-state index contributed by atoms with van der Waals surface area (Å²) >= 11 is 0. The standard InChI is InChI=1S/C23H23F3N4O2S/c24-18-3-6-20(7-4-18)29-10-12-30(13-11-29)22(17-2-1-9-27-15-17)16-28-33(31,32)23-14-19(25)5-8-21(23)26/h1-9,14-15,22,28H,10-13,16H2/t22-/m1/s1. The first-order chi connectivity index (χ1) is 15.8. The number of halogens is 3. The molecule has 6 nitrogen and oxygen atoms in total. The summed E-state index contributed by atoms with van der Waals surface area (Å²) in [5.74, 6) is -2.15. The van der Waals surface area contributed by atoms with Crippen molar-refractivity contribution in [3.05, 3.63) is 90.0 Å². The van der Waals surface area contributed by atoms with E-state index in [0.29, 0.717) is 32.2 Å². The molecule has 1 aromatic heterocycles. The monoisotopic (exact) mass is 476 g/mol. The van der Waals surface area contributed by atoms with Gasteiger partial charge in [0.15, 0.2) is 0 Å².